The molecule has 0 amide bonds. The predicted molar refractivity (Wildman–Crippen MR) is 164 cm³/mol. The number of rotatable bonds is 28. The topological polar surface area (TPSA) is 6.48 Å². The standard InChI is InChI=1S/C34H68N2/c1-3-5-7-9-11-13-14-15-16-17-18-19-20-22-24-26-30-35(33-34-36-31-27-28-32-36)29-25-23-21-12-10-8-6-4-2/h15-16H,3-14,17-34H2,1-2H3/b16-15+. The number of likely N-dealkylation sites (tertiary alicyclic amines) is 1. The van der Waals surface area contributed by atoms with E-state index in [0.717, 1.165) is 0 Å². The molecule has 0 unspecified atom stereocenters. The Morgan fingerprint density at radius 1 is 0.472 bits per heavy atom. The van der Waals surface area contributed by atoms with Gasteiger partial charge in [0.05, 0.1) is 0 Å². The summed E-state index contributed by atoms with van der Waals surface area (Å²) in [4.78, 5) is 5.51. The maximum atomic E-state index is 2.81. The normalized spacial score (nSPS) is 14.6. The third kappa shape index (κ3) is 22.8. The van der Waals surface area contributed by atoms with Gasteiger partial charge in [-0.1, -0.05) is 129 Å². The Labute approximate surface area is 229 Å². The number of hydrogen-bond acceptors (Lipinski definition) is 2. The van der Waals surface area contributed by atoms with Gasteiger partial charge >= 0.3 is 0 Å². The highest BCUT2D eigenvalue weighted by atomic mass is 15.2. The van der Waals surface area contributed by atoms with Crippen LogP contribution in [0.1, 0.15) is 168 Å². The average molecular weight is 505 g/mol. The van der Waals surface area contributed by atoms with Crippen molar-refractivity contribution in [1.82, 2.24) is 9.80 Å². The number of hydrogen-bond donors (Lipinski definition) is 0. The zero-order chi connectivity index (χ0) is 25.8. The van der Waals surface area contributed by atoms with Gasteiger partial charge in [-0.2, -0.15) is 0 Å². The summed E-state index contributed by atoms with van der Waals surface area (Å²) in [7, 11) is 0. The van der Waals surface area contributed by atoms with Crippen LogP contribution in [0.3, 0.4) is 0 Å². The molecule has 0 aromatic heterocycles. The van der Waals surface area contributed by atoms with Crippen LogP contribution in [0, 0.1) is 0 Å². The first-order valence-electron chi connectivity index (χ1n) is 17.0. The van der Waals surface area contributed by atoms with Gasteiger partial charge in [-0.15, -0.1) is 0 Å². The summed E-state index contributed by atoms with van der Waals surface area (Å²) in [5, 5.41) is 0. The van der Waals surface area contributed by atoms with Gasteiger partial charge in [0.15, 0.2) is 0 Å². The van der Waals surface area contributed by atoms with Crippen molar-refractivity contribution in [2.75, 3.05) is 39.3 Å². The van der Waals surface area contributed by atoms with E-state index in [-0.39, 0.29) is 0 Å². The van der Waals surface area contributed by atoms with Gasteiger partial charge in [0.2, 0.25) is 0 Å². The van der Waals surface area contributed by atoms with Gasteiger partial charge in [-0.3, -0.25) is 0 Å². The zero-order valence-electron chi connectivity index (χ0n) is 25.3. The SMILES string of the molecule is CCCCCCCC/C=C/CCCCCCCCN(CCCCCCCCCC)CCN1CCCC1. The van der Waals surface area contributed by atoms with Crippen molar-refractivity contribution >= 4 is 0 Å². The molecule has 1 aliphatic heterocycles. The van der Waals surface area contributed by atoms with Gasteiger partial charge in [0.25, 0.3) is 0 Å². The lowest BCUT2D eigenvalue weighted by molar-refractivity contribution is 0.217. The van der Waals surface area contributed by atoms with Gasteiger partial charge in [-0.05, 0) is 77.5 Å². The first-order chi connectivity index (χ1) is 17.9. The molecule has 1 fully saturated rings. The summed E-state index contributed by atoms with van der Waals surface area (Å²) in [6, 6.07) is 0. The summed E-state index contributed by atoms with van der Waals surface area (Å²) < 4.78 is 0. The third-order valence-electron chi connectivity index (χ3n) is 8.25. The Kier molecular flexibility index (Phi) is 25.9. The predicted octanol–water partition coefficient (Wildman–Crippen LogP) is 10.6. The largest absolute Gasteiger partial charge is 0.302 e. The summed E-state index contributed by atoms with van der Waals surface area (Å²) >= 11 is 0. The molecular weight excluding hydrogens is 436 g/mol. The van der Waals surface area contributed by atoms with E-state index in [1.165, 1.54) is 193 Å². The molecule has 0 aromatic rings. The summed E-state index contributed by atoms with van der Waals surface area (Å²) in [6.45, 7) is 12.6. The monoisotopic (exact) mass is 505 g/mol. The van der Waals surface area contributed by atoms with Crippen LogP contribution in [0.2, 0.25) is 0 Å². The van der Waals surface area contributed by atoms with Crippen molar-refractivity contribution in [1.29, 1.82) is 0 Å². The highest BCUT2D eigenvalue weighted by Gasteiger charge is 2.13. The summed E-state index contributed by atoms with van der Waals surface area (Å²) in [5.41, 5.74) is 0. The fraction of sp³-hybridized carbons (Fsp3) is 0.941. The van der Waals surface area contributed by atoms with E-state index in [1.54, 1.807) is 0 Å². The zero-order valence-corrected chi connectivity index (χ0v) is 25.3. The van der Waals surface area contributed by atoms with Crippen molar-refractivity contribution < 1.29 is 0 Å². The van der Waals surface area contributed by atoms with Crippen molar-refractivity contribution in [3.05, 3.63) is 12.2 Å². The van der Waals surface area contributed by atoms with Crippen LogP contribution in [0.4, 0.5) is 0 Å². The maximum absolute atomic E-state index is 2.81. The van der Waals surface area contributed by atoms with E-state index in [2.05, 4.69) is 35.8 Å². The van der Waals surface area contributed by atoms with Crippen LogP contribution in [0.15, 0.2) is 12.2 Å². The molecule has 0 aliphatic carbocycles. The fourth-order valence-corrected chi connectivity index (χ4v) is 5.68. The average Bonchev–Trinajstić information content (AvgIpc) is 3.41. The Morgan fingerprint density at radius 2 is 0.861 bits per heavy atom. The number of nitrogens with zero attached hydrogens (tertiary/aromatic N) is 2. The highest BCUT2D eigenvalue weighted by molar-refractivity contribution is 4.81. The van der Waals surface area contributed by atoms with Crippen LogP contribution < -0.4 is 0 Å². The molecule has 0 aromatic carbocycles. The second kappa shape index (κ2) is 27.7. The van der Waals surface area contributed by atoms with E-state index in [1.807, 2.05) is 0 Å². The second-order valence-electron chi connectivity index (χ2n) is 11.8. The van der Waals surface area contributed by atoms with E-state index in [0.29, 0.717) is 0 Å². The minimum absolute atomic E-state index is 1.30. The molecule has 2 heteroatoms. The molecule has 1 rings (SSSR count). The molecule has 0 spiro atoms. The lowest BCUT2D eigenvalue weighted by Crippen LogP contribution is -2.35. The molecule has 2 nitrogen and oxygen atoms in total. The smallest absolute Gasteiger partial charge is 0.0109 e. The number of allylic oxidation sites excluding steroid dienone is 2. The lowest BCUT2D eigenvalue weighted by Gasteiger charge is -2.25. The van der Waals surface area contributed by atoms with E-state index >= 15 is 0 Å². The summed E-state index contributed by atoms with van der Waals surface area (Å²) in [6.07, 6.45) is 38.9. The minimum atomic E-state index is 1.30. The van der Waals surface area contributed by atoms with Gasteiger partial charge in [0, 0.05) is 13.1 Å². The van der Waals surface area contributed by atoms with Crippen LogP contribution in [-0.4, -0.2) is 49.1 Å². The Balaban J connectivity index is 1.99. The van der Waals surface area contributed by atoms with E-state index < -0.39 is 0 Å². The van der Waals surface area contributed by atoms with Crippen LogP contribution in [-0.2, 0) is 0 Å². The molecule has 0 N–H and O–H groups in total. The molecule has 1 aliphatic rings. The highest BCUT2D eigenvalue weighted by Crippen LogP contribution is 2.13. The molecule has 0 atom stereocenters. The van der Waals surface area contributed by atoms with Crippen LogP contribution >= 0.6 is 0 Å². The molecule has 214 valence electrons. The Bertz CT molecular complexity index is 440. The van der Waals surface area contributed by atoms with Crippen LogP contribution in [0.25, 0.3) is 0 Å². The molecule has 0 bridgehead atoms. The second-order valence-corrected chi connectivity index (χ2v) is 11.8. The molecule has 0 radical (unpaired) electrons. The lowest BCUT2D eigenvalue weighted by atomic mass is 10.1. The third-order valence-corrected chi connectivity index (χ3v) is 8.25. The van der Waals surface area contributed by atoms with E-state index in [4.69, 9.17) is 0 Å². The molecule has 1 heterocycles. The Hall–Kier alpha value is -0.340. The summed E-state index contributed by atoms with van der Waals surface area (Å²) in [5.74, 6) is 0. The van der Waals surface area contributed by atoms with Crippen molar-refractivity contribution in [2.24, 2.45) is 0 Å². The van der Waals surface area contributed by atoms with Crippen LogP contribution in [0.5, 0.6) is 0 Å². The van der Waals surface area contributed by atoms with Gasteiger partial charge in [-0.25, -0.2) is 0 Å². The fourth-order valence-electron chi connectivity index (χ4n) is 5.68. The maximum Gasteiger partial charge on any atom is 0.0109 e. The van der Waals surface area contributed by atoms with Crippen molar-refractivity contribution in [2.45, 2.75) is 168 Å². The minimum Gasteiger partial charge on any atom is -0.302 e. The van der Waals surface area contributed by atoms with E-state index in [9.17, 15) is 0 Å². The number of unbranched alkanes of at least 4 members (excludes halogenated alkanes) is 19. The Morgan fingerprint density at radius 3 is 1.31 bits per heavy atom. The van der Waals surface area contributed by atoms with Gasteiger partial charge in [0.1, 0.15) is 0 Å². The molecule has 36 heavy (non-hydrogen) atoms. The van der Waals surface area contributed by atoms with Gasteiger partial charge < -0.3 is 9.80 Å². The van der Waals surface area contributed by atoms with Crippen molar-refractivity contribution in [3.8, 4) is 0 Å². The molecule has 0 saturated carbocycles. The quantitative estimate of drug-likeness (QED) is 0.0772. The molecular formula is C34H68N2. The first-order valence-corrected chi connectivity index (χ1v) is 17.0. The first kappa shape index (κ1) is 33.7. The molecule has 1 saturated heterocycles. The van der Waals surface area contributed by atoms with Crippen molar-refractivity contribution in [3.63, 3.8) is 0 Å².